The molecule has 0 spiro atoms. The smallest absolute Gasteiger partial charge is 0.336 e. The number of carbonyl (C=O) groups excluding carboxylic acids is 1. The third-order valence-electron chi connectivity index (χ3n) is 4.37. The Labute approximate surface area is 174 Å². The Bertz CT molecular complexity index is 732. The largest absolute Gasteiger partial charge is 0.494 e. The van der Waals surface area contributed by atoms with E-state index >= 15 is 0 Å². The van der Waals surface area contributed by atoms with Gasteiger partial charge in [0, 0.05) is 6.08 Å². The molecular weight excluding hydrogens is 364 g/mol. The molecule has 2 aromatic rings. The van der Waals surface area contributed by atoms with Gasteiger partial charge in [-0.3, -0.25) is 0 Å². The van der Waals surface area contributed by atoms with E-state index in [-0.39, 0.29) is 0 Å². The van der Waals surface area contributed by atoms with E-state index in [1.807, 2.05) is 36.4 Å². The van der Waals surface area contributed by atoms with Crippen molar-refractivity contribution in [2.45, 2.75) is 52.4 Å². The zero-order chi connectivity index (χ0) is 20.7. The number of hydrogen-bond donors (Lipinski definition) is 0. The van der Waals surface area contributed by atoms with E-state index in [0.717, 1.165) is 42.9 Å². The number of rotatable bonds is 13. The van der Waals surface area contributed by atoms with Gasteiger partial charge in [-0.2, -0.15) is 0 Å². The number of esters is 1. The Morgan fingerprint density at radius 1 is 0.724 bits per heavy atom. The van der Waals surface area contributed by atoms with Crippen molar-refractivity contribution in [2.75, 3.05) is 13.2 Å². The summed E-state index contributed by atoms with van der Waals surface area (Å²) in [5, 5.41) is 0. The lowest BCUT2D eigenvalue weighted by Crippen LogP contribution is -2.03. The van der Waals surface area contributed by atoms with Crippen LogP contribution in [0.25, 0.3) is 6.08 Å². The van der Waals surface area contributed by atoms with Gasteiger partial charge in [0.1, 0.15) is 17.2 Å². The molecule has 0 aromatic heterocycles. The number of unbranched alkanes of at least 4 members (excludes halogenated alkanes) is 4. The summed E-state index contributed by atoms with van der Waals surface area (Å²) in [6.45, 7) is 5.76. The summed E-state index contributed by atoms with van der Waals surface area (Å²) in [6, 6.07) is 14.8. The molecule has 0 atom stereocenters. The van der Waals surface area contributed by atoms with Crippen molar-refractivity contribution in [3.8, 4) is 17.2 Å². The van der Waals surface area contributed by atoms with E-state index in [2.05, 4.69) is 13.8 Å². The average molecular weight is 397 g/mol. The lowest BCUT2D eigenvalue weighted by atomic mass is 10.2. The Balaban J connectivity index is 1.75. The molecule has 0 saturated carbocycles. The van der Waals surface area contributed by atoms with Gasteiger partial charge in [0.15, 0.2) is 0 Å². The minimum Gasteiger partial charge on any atom is -0.494 e. The Kier molecular flexibility index (Phi) is 10.4. The minimum absolute atomic E-state index is 0.416. The van der Waals surface area contributed by atoms with Gasteiger partial charge in [0.25, 0.3) is 0 Å². The Hall–Kier alpha value is -2.75. The van der Waals surface area contributed by atoms with Crippen molar-refractivity contribution in [2.24, 2.45) is 0 Å². The fraction of sp³-hybridized carbons (Fsp3) is 0.400. The van der Waals surface area contributed by atoms with Crippen molar-refractivity contribution in [1.29, 1.82) is 0 Å². The molecule has 0 unspecified atom stereocenters. The predicted molar refractivity (Wildman–Crippen MR) is 118 cm³/mol. The molecule has 0 aliphatic carbocycles. The molecule has 0 N–H and O–H groups in total. The van der Waals surface area contributed by atoms with Crippen LogP contribution in [-0.4, -0.2) is 19.2 Å². The van der Waals surface area contributed by atoms with E-state index in [1.165, 1.54) is 25.3 Å². The van der Waals surface area contributed by atoms with Gasteiger partial charge >= 0.3 is 5.97 Å². The second-order valence-corrected chi connectivity index (χ2v) is 6.91. The standard InChI is InChI=1S/C25H32O4/c1-3-5-7-8-20-28-22-12-9-21(10-13-22)11-18-25(26)29-24-16-14-23(15-17-24)27-19-6-4-2/h9-18H,3-8,19-20H2,1-2H3. The molecule has 0 aliphatic heterocycles. The van der Waals surface area contributed by atoms with Gasteiger partial charge in [-0.05, 0) is 60.9 Å². The normalized spacial score (nSPS) is 10.8. The fourth-order valence-electron chi connectivity index (χ4n) is 2.65. The number of carbonyl (C=O) groups is 1. The zero-order valence-electron chi connectivity index (χ0n) is 17.6. The van der Waals surface area contributed by atoms with E-state index in [1.54, 1.807) is 18.2 Å². The third-order valence-corrected chi connectivity index (χ3v) is 4.37. The summed E-state index contributed by atoms with van der Waals surface area (Å²) in [7, 11) is 0. The molecular formula is C25H32O4. The van der Waals surface area contributed by atoms with Crippen molar-refractivity contribution in [1.82, 2.24) is 0 Å². The van der Waals surface area contributed by atoms with Crippen LogP contribution in [-0.2, 0) is 4.79 Å². The van der Waals surface area contributed by atoms with Crippen LogP contribution in [0.4, 0.5) is 0 Å². The molecule has 0 amide bonds. The second kappa shape index (κ2) is 13.4. The van der Waals surface area contributed by atoms with E-state index in [4.69, 9.17) is 14.2 Å². The first kappa shape index (κ1) is 22.5. The van der Waals surface area contributed by atoms with E-state index < -0.39 is 5.97 Å². The van der Waals surface area contributed by atoms with Crippen LogP contribution in [0.5, 0.6) is 17.2 Å². The first-order chi connectivity index (χ1) is 14.2. The molecule has 0 aliphatic rings. The topological polar surface area (TPSA) is 44.8 Å². The van der Waals surface area contributed by atoms with Crippen LogP contribution in [0.3, 0.4) is 0 Å². The Morgan fingerprint density at radius 2 is 1.28 bits per heavy atom. The predicted octanol–water partition coefficient (Wildman–Crippen LogP) is 6.44. The quantitative estimate of drug-likeness (QED) is 0.169. The van der Waals surface area contributed by atoms with Crippen molar-refractivity contribution in [3.63, 3.8) is 0 Å². The maximum absolute atomic E-state index is 12.0. The van der Waals surface area contributed by atoms with Gasteiger partial charge in [0.2, 0.25) is 0 Å². The summed E-state index contributed by atoms with van der Waals surface area (Å²) in [6.07, 6.45) is 10.0. The molecule has 0 bridgehead atoms. The molecule has 4 nitrogen and oxygen atoms in total. The van der Waals surface area contributed by atoms with Crippen LogP contribution in [0.15, 0.2) is 54.6 Å². The fourth-order valence-corrected chi connectivity index (χ4v) is 2.65. The summed E-state index contributed by atoms with van der Waals surface area (Å²) >= 11 is 0. The van der Waals surface area contributed by atoms with Crippen LogP contribution in [0, 0.1) is 0 Å². The molecule has 0 radical (unpaired) electrons. The maximum Gasteiger partial charge on any atom is 0.336 e. The molecule has 2 rings (SSSR count). The third kappa shape index (κ3) is 9.33. The highest BCUT2D eigenvalue weighted by Gasteiger charge is 2.02. The van der Waals surface area contributed by atoms with Crippen LogP contribution in [0.2, 0.25) is 0 Å². The highest BCUT2D eigenvalue weighted by atomic mass is 16.5. The van der Waals surface area contributed by atoms with Gasteiger partial charge < -0.3 is 14.2 Å². The molecule has 0 saturated heterocycles. The van der Waals surface area contributed by atoms with Crippen molar-refractivity contribution in [3.05, 3.63) is 60.2 Å². The number of ether oxygens (including phenoxy) is 3. The van der Waals surface area contributed by atoms with Crippen molar-refractivity contribution < 1.29 is 19.0 Å². The van der Waals surface area contributed by atoms with Gasteiger partial charge in [-0.25, -0.2) is 4.79 Å². The van der Waals surface area contributed by atoms with Crippen molar-refractivity contribution >= 4 is 12.0 Å². The first-order valence-electron chi connectivity index (χ1n) is 10.6. The molecule has 4 heteroatoms. The average Bonchev–Trinajstić information content (AvgIpc) is 2.74. The SMILES string of the molecule is CCCCCCOc1ccc(C=CC(=O)Oc2ccc(OCCCC)cc2)cc1. The minimum atomic E-state index is -0.416. The molecule has 0 fully saturated rings. The lowest BCUT2D eigenvalue weighted by Gasteiger charge is -2.06. The lowest BCUT2D eigenvalue weighted by molar-refractivity contribution is -0.128. The molecule has 29 heavy (non-hydrogen) atoms. The second-order valence-electron chi connectivity index (χ2n) is 6.91. The van der Waals surface area contributed by atoms with Crippen LogP contribution >= 0.6 is 0 Å². The maximum atomic E-state index is 12.0. The number of benzene rings is 2. The van der Waals surface area contributed by atoms with Gasteiger partial charge in [0.05, 0.1) is 13.2 Å². The van der Waals surface area contributed by atoms with E-state index in [0.29, 0.717) is 12.4 Å². The first-order valence-corrected chi connectivity index (χ1v) is 10.6. The molecule has 2 aromatic carbocycles. The van der Waals surface area contributed by atoms with E-state index in [9.17, 15) is 4.79 Å². The summed E-state index contributed by atoms with van der Waals surface area (Å²) in [5.74, 6) is 1.71. The summed E-state index contributed by atoms with van der Waals surface area (Å²) < 4.78 is 16.6. The highest BCUT2D eigenvalue weighted by Crippen LogP contribution is 2.18. The summed E-state index contributed by atoms with van der Waals surface area (Å²) in [5.41, 5.74) is 0.917. The monoisotopic (exact) mass is 396 g/mol. The molecule has 156 valence electrons. The molecule has 0 heterocycles. The van der Waals surface area contributed by atoms with Crippen LogP contribution < -0.4 is 14.2 Å². The zero-order valence-corrected chi connectivity index (χ0v) is 17.6. The highest BCUT2D eigenvalue weighted by molar-refractivity contribution is 5.88. The Morgan fingerprint density at radius 3 is 1.90 bits per heavy atom. The number of hydrogen-bond acceptors (Lipinski definition) is 4. The van der Waals surface area contributed by atoms with Gasteiger partial charge in [-0.15, -0.1) is 0 Å². The summed E-state index contributed by atoms with van der Waals surface area (Å²) in [4.78, 5) is 12.0. The van der Waals surface area contributed by atoms with Crippen LogP contribution in [0.1, 0.15) is 57.9 Å². The van der Waals surface area contributed by atoms with Gasteiger partial charge in [-0.1, -0.05) is 51.7 Å².